The Labute approximate surface area is 135 Å². The molecule has 0 saturated heterocycles. The Kier molecular flexibility index (Phi) is 4.14. The second-order valence-electron chi connectivity index (χ2n) is 5.47. The second-order valence-corrected chi connectivity index (χ2v) is 5.47. The molecule has 3 rings (SSSR count). The highest BCUT2D eigenvalue weighted by molar-refractivity contribution is 5.95. The van der Waals surface area contributed by atoms with Gasteiger partial charge < -0.3 is 14.4 Å². The number of aryl methyl sites for hydroxylation is 1. The van der Waals surface area contributed by atoms with Gasteiger partial charge in [-0.2, -0.15) is 0 Å². The van der Waals surface area contributed by atoms with Gasteiger partial charge in [-0.25, -0.2) is 9.97 Å². The van der Waals surface area contributed by atoms with Gasteiger partial charge in [0.25, 0.3) is 5.91 Å². The van der Waals surface area contributed by atoms with Crippen molar-refractivity contribution >= 4 is 5.91 Å². The Morgan fingerprint density at radius 3 is 2.52 bits per heavy atom. The molecule has 120 valence electrons. The van der Waals surface area contributed by atoms with Crippen molar-refractivity contribution in [2.45, 2.75) is 19.9 Å². The molecule has 6 nitrogen and oxygen atoms in total. The monoisotopic (exact) mass is 313 g/mol. The summed E-state index contributed by atoms with van der Waals surface area (Å²) < 4.78 is 10.7. The van der Waals surface area contributed by atoms with E-state index in [2.05, 4.69) is 9.97 Å². The van der Waals surface area contributed by atoms with Crippen molar-refractivity contribution in [1.82, 2.24) is 14.9 Å². The molecule has 0 unspecified atom stereocenters. The van der Waals surface area contributed by atoms with E-state index in [0.717, 1.165) is 17.7 Å². The van der Waals surface area contributed by atoms with E-state index < -0.39 is 0 Å². The third kappa shape index (κ3) is 2.84. The summed E-state index contributed by atoms with van der Waals surface area (Å²) in [6.07, 6.45) is 3.82. The zero-order chi connectivity index (χ0) is 16.4. The molecule has 2 aromatic rings. The Hall–Kier alpha value is -2.63. The number of carbonyl (C=O) groups excluding carboxylic acids is 1. The molecule has 0 bridgehead atoms. The molecule has 0 fully saturated rings. The lowest BCUT2D eigenvalue weighted by atomic mass is 9.98. The highest BCUT2D eigenvalue weighted by Gasteiger charge is 2.24. The number of benzene rings is 1. The lowest BCUT2D eigenvalue weighted by molar-refractivity contribution is 0.0732. The van der Waals surface area contributed by atoms with Crippen LogP contribution in [0.1, 0.15) is 27.2 Å². The van der Waals surface area contributed by atoms with E-state index in [1.54, 1.807) is 20.4 Å². The number of rotatable bonds is 3. The van der Waals surface area contributed by atoms with Gasteiger partial charge in [-0.05, 0) is 36.6 Å². The third-order valence-corrected chi connectivity index (χ3v) is 4.15. The topological polar surface area (TPSA) is 64.6 Å². The van der Waals surface area contributed by atoms with Crippen LogP contribution in [-0.2, 0) is 13.0 Å². The molecule has 0 atom stereocenters. The first-order valence-corrected chi connectivity index (χ1v) is 7.43. The zero-order valence-corrected chi connectivity index (χ0v) is 13.5. The van der Waals surface area contributed by atoms with Crippen LogP contribution in [0.4, 0.5) is 0 Å². The fraction of sp³-hybridized carbons (Fsp3) is 0.353. The SMILES string of the molecule is COc1cc2c(cc1OC)CN(C(=O)c1cncnc1C)CC2. The van der Waals surface area contributed by atoms with Crippen molar-refractivity contribution in [2.75, 3.05) is 20.8 Å². The number of hydrogen-bond donors (Lipinski definition) is 0. The molecule has 0 radical (unpaired) electrons. The lowest BCUT2D eigenvalue weighted by Gasteiger charge is -2.29. The Morgan fingerprint density at radius 2 is 1.87 bits per heavy atom. The van der Waals surface area contributed by atoms with E-state index in [9.17, 15) is 4.79 Å². The summed E-state index contributed by atoms with van der Waals surface area (Å²) in [5, 5.41) is 0. The molecule has 0 saturated carbocycles. The van der Waals surface area contributed by atoms with Crippen LogP contribution in [0.25, 0.3) is 0 Å². The fourth-order valence-electron chi connectivity index (χ4n) is 2.83. The summed E-state index contributed by atoms with van der Waals surface area (Å²) >= 11 is 0. The molecule has 0 N–H and O–H groups in total. The van der Waals surface area contributed by atoms with Gasteiger partial charge in [-0.3, -0.25) is 4.79 Å². The molecule has 6 heteroatoms. The number of hydrogen-bond acceptors (Lipinski definition) is 5. The molecule has 1 aliphatic heterocycles. The normalized spacial score (nSPS) is 13.4. The molecule has 0 aliphatic carbocycles. The van der Waals surface area contributed by atoms with Gasteiger partial charge in [0.1, 0.15) is 6.33 Å². The number of methoxy groups -OCH3 is 2. The third-order valence-electron chi connectivity index (χ3n) is 4.15. The Bertz CT molecular complexity index is 746. The van der Waals surface area contributed by atoms with Gasteiger partial charge >= 0.3 is 0 Å². The van der Waals surface area contributed by atoms with E-state index in [1.807, 2.05) is 24.0 Å². The van der Waals surface area contributed by atoms with Crippen LogP contribution in [0.2, 0.25) is 0 Å². The van der Waals surface area contributed by atoms with Crippen molar-refractivity contribution in [3.05, 3.63) is 47.0 Å². The summed E-state index contributed by atoms with van der Waals surface area (Å²) in [6.45, 7) is 3.03. The van der Waals surface area contributed by atoms with Crippen molar-refractivity contribution in [3.8, 4) is 11.5 Å². The maximum absolute atomic E-state index is 12.7. The van der Waals surface area contributed by atoms with Crippen LogP contribution < -0.4 is 9.47 Å². The number of aromatic nitrogens is 2. The first-order valence-electron chi connectivity index (χ1n) is 7.43. The van der Waals surface area contributed by atoms with E-state index >= 15 is 0 Å². The smallest absolute Gasteiger partial charge is 0.257 e. The molecule has 1 aromatic carbocycles. The predicted octanol–water partition coefficient (Wildman–Crippen LogP) is 2.00. The van der Waals surface area contributed by atoms with Gasteiger partial charge in [-0.15, -0.1) is 0 Å². The van der Waals surface area contributed by atoms with E-state index in [1.165, 1.54) is 11.9 Å². The first-order chi connectivity index (χ1) is 11.1. The molecule has 1 amide bonds. The van der Waals surface area contributed by atoms with Gasteiger partial charge in [-0.1, -0.05) is 0 Å². The summed E-state index contributed by atoms with van der Waals surface area (Å²) in [4.78, 5) is 22.6. The molecular weight excluding hydrogens is 294 g/mol. The Morgan fingerprint density at radius 1 is 1.17 bits per heavy atom. The fourth-order valence-corrected chi connectivity index (χ4v) is 2.83. The molecule has 1 aromatic heterocycles. The van der Waals surface area contributed by atoms with Gasteiger partial charge in [0, 0.05) is 19.3 Å². The van der Waals surface area contributed by atoms with Crippen LogP contribution in [0.3, 0.4) is 0 Å². The van der Waals surface area contributed by atoms with Gasteiger partial charge in [0.15, 0.2) is 11.5 Å². The first kappa shape index (κ1) is 15.3. The minimum Gasteiger partial charge on any atom is -0.493 e. The van der Waals surface area contributed by atoms with E-state index in [0.29, 0.717) is 30.1 Å². The van der Waals surface area contributed by atoms with Gasteiger partial charge in [0.2, 0.25) is 0 Å². The van der Waals surface area contributed by atoms with E-state index in [4.69, 9.17) is 9.47 Å². The van der Waals surface area contributed by atoms with Crippen LogP contribution in [-0.4, -0.2) is 41.5 Å². The summed E-state index contributed by atoms with van der Waals surface area (Å²) in [5.41, 5.74) is 3.52. The Balaban J connectivity index is 1.88. The summed E-state index contributed by atoms with van der Waals surface area (Å²) in [6, 6.07) is 3.94. The average molecular weight is 313 g/mol. The molecule has 23 heavy (non-hydrogen) atoms. The maximum atomic E-state index is 12.7. The standard InChI is InChI=1S/C17H19N3O3/c1-11-14(8-18-10-19-11)17(21)20-5-4-12-6-15(22-2)16(23-3)7-13(12)9-20/h6-8,10H,4-5,9H2,1-3H3. The van der Waals surface area contributed by atoms with Crippen molar-refractivity contribution in [3.63, 3.8) is 0 Å². The van der Waals surface area contributed by atoms with Crippen LogP contribution >= 0.6 is 0 Å². The summed E-state index contributed by atoms with van der Waals surface area (Å²) in [5.74, 6) is 1.36. The highest BCUT2D eigenvalue weighted by atomic mass is 16.5. The minimum atomic E-state index is -0.0384. The number of nitrogens with zero attached hydrogens (tertiary/aromatic N) is 3. The minimum absolute atomic E-state index is 0.0384. The lowest BCUT2D eigenvalue weighted by Crippen LogP contribution is -2.36. The predicted molar refractivity (Wildman–Crippen MR) is 84.8 cm³/mol. The quantitative estimate of drug-likeness (QED) is 0.867. The van der Waals surface area contributed by atoms with Crippen LogP contribution in [0.15, 0.2) is 24.7 Å². The van der Waals surface area contributed by atoms with E-state index in [-0.39, 0.29) is 5.91 Å². The van der Waals surface area contributed by atoms with Crippen molar-refractivity contribution < 1.29 is 14.3 Å². The number of ether oxygens (including phenoxy) is 2. The number of amides is 1. The molecule has 0 spiro atoms. The molecular formula is C17H19N3O3. The van der Waals surface area contributed by atoms with Crippen molar-refractivity contribution in [1.29, 1.82) is 0 Å². The second kappa shape index (κ2) is 6.24. The highest BCUT2D eigenvalue weighted by Crippen LogP contribution is 2.33. The molecule has 1 aliphatic rings. The average Bonchev–Trinajstić information content (AvgIpc) is 2.59. The van der Waals surface area contributed by atoms with Crippen LogP contribution in [0.5, 0.6) is 11.5 Å². The number of fused-ring (bicyclic) bond motifs is 1. The number of carbonyl (C=O) groups is 1. The molecule has 2 heterocycles. The summed E-state index contributed by atoms with van der Waals surface area (Å²) in [7, 11) is 3.24. The maximum Gasteiger partial charge on any atom is 0.257 e. The van der Waals surface area contributed by atoms with Crippen molar-refractivity contribution in [2.24, 2.45) is 0 Å². The van der Waals surface area contributed by atoms with Crippen LogP contribution in [0, 0.1) is 6.92 Å². The van der Waals surface area contributed by atoms with Gasteiger partial charge in [0.05, 0.1) is 25.5 Å². The largest absolute Gasteiger partial charge is 0.493 e. The zero-order valence-electron chi connectivity index (χ0n) is 13.5.